The first-order valence-corrected chi connectivity index (χ1v) is 6.12. The molecule has 1 aromatic rings. The van der Waals surface area contributed by atoms with Crippen molar-refractivity contribution < 1.29 is 9.32 Å². The number of urea groups is 1. The van der Waals surface area contributed by atoms with E-state index in [1.54, 1.807) is 6.92 Å². The van der Waals surface area contributed by atoms with Crippen molar-refractivity contribution in [1.29, 1.82) is 0 Å². The summed E-state index contributed by atoms with van der Waals surface area (Å²) in [7, 11) is 0. The van der Waals surface area contributed by atoms with Crippen molar-refractivity contribution >= 4 is 6.03 Å². The average molecular weight is 254 g/mol. The summed E-state index contributed by atoms with van der Waals surface area (Å²) >= 11 is 0. The average Bonchev–Trinajstić information content (AvgIpc) is 2.69. The second-order valence-electron chi connectivity index (χ2n) is 5.41. The molecule has 0 aliphatic carbocycles. The van der Waals surface area contributed by atoms with Crippen LogP contribution in [-0.4, -0.2) is 22.7 Å². The first-order valence-electron chi connectivity index (χ1n) is 6.12. The van der Waals surface area contributed by atoms with Crippen LogP contribution in [0.3, 0.4) is 0 Å². The van der Waals surface area contributed by atoms with E-state index < -0.39 is 0 Å². The van der Waals surface area contributed by atoms with Gasteiger partial charge in [0.15, 0.2) is 5.82 Å². The number of aryl methyl sites for hydroxylation is 1. The molecule has 6 heteroatoms. The van der Waals surface area contributed by atoms with E-state index in [1.807, 2.05) is 0 Å². The van der Waals surface area contributed by atoms with E-state index in [0.29, 0.717) is 24.2 Å². The van der Waals surface area contributed by atoms with Gasteiger partial charge in [0.2, 0.25) is 5.89 Å². The number of amides is 2. The van der Waals surface area contributed by atoms with Crippen molar-refractivity contribution in [2.45, 2.75) is 41.2 Å². The highest BCUT2D eigenvalue weighted by Crippen LogP contribution is 2.24. The minimum atomic E-state index is -0.217. The lowest BCUT2D eigenvalue weighted by molar-refractivity contribution is 0.215. The number of carbonyl (C=O) groups excluding carboxylic acids is 1. The number of hydrogen-bond acceptors (Lipinski definition) is 4. The largest absolute Gasteiger partial charge is 0.340 e. The predicted molar refractivity (Wildman–Crippen MR) is 67.9 cm³/mol. The van der Waals surface area contributed by atoms with Crippen molar-refractivity contribution in [1.82, 2.24) is 20.8 Å². The topological polar surface area (TPSA) is 80.0 Å². The summed E-state index contributed by atoms with van der Waals surface area (Å²) in [5.41, 5.74) is 0.0695. The smallest absolute Gasteiger partial charge is 0.315 e. The van der Waals surface area contributed by atoms with Crippen LogP contribution in [0.2, 0.25) is 0 Å². The zero-order chi connectivity index (χ0) is 13.8. The summed E-state index contributed by atoms with van der Waals surface area (Å²) in [5, 5.41) is 9.23. The summed E-state index contributed by atoms with van der Waals surface area (Å²) in [5.74, 6) is 1.47. The van der Waals surface area contributed by atoms with Crippen LogP contribution in [0, 0.1) is 18.3 Å². The number of hydrogen-bond donors (Lipinski definition) is 2. The number of nitrogens with one attached hydrogen (secondary N) is 2. The molecule has 0 fully saturated rings. The summed E-state index contributed by atoms with van der Waals surface area (Å²) in [4.78, 5) is 15.6. The van der Waals surface area contributed by atoms with Gasteiger partial charge < -0.3 is 15.2 Å². The van der Waals surface area contributed by atoms with Gasteiger partial charge in [0, 0.05) is 13.5 Å². The maximum Gasteiger partial charge on any atom is 0.315 e. The molecule has 0 bridgehead atoms. The highest BCUT2D eigenvalue weighted by atomic mass is 16.5. The monoisotopic (exact) mass is 254 g/mol. The Labute approximate surface area is 108 Å². The number of carbonyl (C=O) groups is 1. The molecular formula is C12H22N4O2. The zero-order valence-corrected chi connectivity index (χ0v) is 11.7. The highest BCUT2D eigenvalue weighted by Gasteiger charge is 2.22. The molecule has 0 aromatic carbocycles. The normalized spacial score (nSPS) is 11.7. The molecule has 6 nitrogen and oxygen atoms in total. The maximum absolute atomic E-state index is 11.6. The molecule has 1 aromatic heterocycles. The molecule has 0 spiro atoms. The summed E-state index contributed by atoms with van der Waals surface area (Å²) in [6, 6.07) is -0.217. The Hall–Kier alpha value is -1.59. The number of rotatable bonds is 5. The van der Waals surface area contributed by atoms with Gasteiger partial charge in [-0.1, -0.05) is 32.9 Å². The molecule has 0 atom stereocenters. The van der Waals surface area contributed by atoms with E-state index in [0.717, 1.165) is 0 Å². The minimum Gasteiger partial charge on any atom is -0.340 e. The molecule has 0 saturated carbocycles. The second kappa shape index (κ2) is 5.84. The van der Waals surface area contributed by atoms with Crippen molar-refractivity contribution in [2.24, 2.45) is 11.3 Å². The lowest BCUT2D eigenvalue weighted by atomic mass is 9.81. The summed E-state index contributed by atoms with van der Waals surface area (Å²) < 4.78 is 4.81. The van der Waals surface area contributed by atoms with Crippen molar-refractivity contribution in [2.75, 3.05) is 6.54 Å². The Kier molecular flexibility index (Phi) is 4.69. The molecule has 0 unspecified atom stereocenters. The Morgan fingerprint density at radius 2 is 2.06 bits per heavy atom. The van der Waals surface area contributed by atoms with E-state index in [2.05, 4.69) is 48.5 Å². The molecule has 0 saturated heterocycles. The van der Waals surface area contributed by atoms with Crippen LogP contribution in [0.5, 0.6) is 0 Å². The maximum atomic E-state index is 11.6. The van der Waals surface area contributed by atoms with E-state index in [1.165, 1.54) is 0 Å². The molecule has 2 amide bonds. The van der Waals surface area contributed by atoms with E-state index in [-0.39, 0.29) is 18.0 Å². The van der Waals surface area contributed by atoms with Crippen molar-refractivity contribution in [3.63, 3.8) is 0 Å². The van der Waals surface area contributed by atoms with Crippen LogP contribution in [-0.2, 0) is 6.54 Å². The third-order valence-corrected chi connectivity index (χ3v) is 3.24. The van der Waals surface area contributed by atoms with Crippen LogP contribution in [0.15, 0.2) is 4.52 Å². The van der Waals surface area contributed by atoms with Crippen LogP contribution in [0.4, 0.5) is 4.79 Å². The van der Waals surface area contributed by atoms with Crippen molar-refractivity contribution in [3.05, 3.63) is 11.7 Å². The Bertz CT molecular complexity index is 399. The van der Waals surface area contributed by atoms with Gasteiger partial charge in [-0.2, -0.15) is 4.98 Å². The second-order valence-corrected chi connectivity index (χ2v) is 5.41. The molecule has 2 N–H and O–H groups in total. The van der Waals surface area contributed by atoms with Crippen molar-refractivity contribution in [3.8, 4) is 0 Å². The SMILES string of the molecule is Cc1nc(CNC(=O)NCC(C)(C)C(C)C)no1. The molecular weight excluding hydrogens is 232 g/mol. The Balaban J connectivity index is 2.30. The summed E-state index contributed by atoms with van der Waals surface area (Å²) in [6.45, 7) is 11.1. The standard InChI is InChI=1S/C12H22N4O2/c1-8(2)12(4,5)7-14-11(17)13-6-10-15-9(3)18-16-10/h8H,6-7H2,1-5H3,(H2,13,14,17). The molecule has 1 heterocycles. The molecule has 0 radical (unpaired) electrons. The lowest BCUT2D eigenvalue weighted by Crippen LogP contribution is -2.42. The highest BCUT2D eigenvalue weighted by molar-refractivity contribution is 5.73. The predicted octanol–water partition coefficient (Wildman–Crippen LogP) is 1.86. The Morgan fingerprint density at radius 1 is 1.39 bits per heavy atom. The third-order valence-electron chi connectivity index (χ3n) is 3.24. The van der Waals surface area contributed by atoms with Gasteiger partial charge in [-0.3, -0.25) is 0 Å². The molecule has 0 aliphatic rings. The fourth-order valence-corrected chi connectivity index (χ4v) is 1.15. The fraction of sp³-hybridized carbons (Fsp3) is 0.750. The molecule has 18 heavy (non-hydrogen) atoms. The molecule has 102 valence electrons. The zero-order valence-electron chi connectivity index (χ0n) is 11.7. The van der Waals surface area contributed by atoms with E-state index in [4.69, 9.17) is 4.52 Å². The Morgan fingerprint density at radius 3 is 2.56 bits per heavy atom. The van der Waals surface area contributed by atoms with Gasteiger partial charge in [-0.25, -0.2) is 4.79 Å². The van der Waals surface area contributed by atoms with Gasteiger partial charge >= 0.3 is 6.03 Å². The van der Waals surface area contributed by atoms with Gasteiger partial charge in [0.25, 0.3) is 0 Å². The van der Waals surface area contributed by atoms with Gasteiger partial charge in [-0.05, 0) is 11.3 Å². The quantitative estimate of drug-likeness (QED) is 0.840. The fourth-order valence-electron chi connectivity index (χ4n) is 1.15. The van der Waals surface area contributed by atoms with E-state index >= 15 is 0 Å². The number of aromatic nitrogens is 2. The van der Waals surface area contributed by atoms with Crippen LogP contribution in [0.1, 0.15) is 39.4 Å². The number of nitrogens with zero attached hydrogens (tertiary/aromatic N) is 2. The first kappa shape index (κ1) is 14.5. The van der Waals surface area contributed by atoms with Crippen LogP contribution < -0.4 is 10.6 Å². The van der Waals surface area contributed by atoms with Gasteiger partial charge in [-0.15, -0.1) is 0 Å². The minimum absolute atomic E-state index is 0.0695. The molecule has 0 aliphatic heterocycles. The van der Waals surface area contributed by atoms with Crippen LogP contribution in [0.25, 0.3) is 0 Å². The summed E-state index contributed by atoms with van der Waals surface area (Å²) in [6.07, 6.45) is 0. The van der Waals surface area contributed by atoms with Crippen LogP contribution >= 0.6 is 0 Å². The van der Waals surface area contributed by atoms with E-state index in [9.17, 15) is 4.79 Å². The molecule has 1 rings (SSSR count). The van der Waals surface area contributed by atoms with Gasteiger partial charge in [0.1, 0.15) is 0 Å². The first-order chi connectivity index (χ1) is 8.31. The van der Waals surface area contributed by atoms with Gasteiger partial charge in [0.05, 0.1) is 6.54 Å². The lowest BCUT2D eigenvalue weighted by Gasteiger charge is -2.29. The third kappa shape index (κ3) is 4.35.